The smallest absolute Gasteiger partial charge is 0.303 e. The van der Waals surface area contributed by atoms with Gasteiger partial charge in [0.15, 0.2) is 5.82 Å². The minimum Gasteiger partial charge on any atom is -0.813 e. The Kier molecular flexibility index (Phi) is 16.7. The van der Waals surface area contributed by atoms with Gasteiger partial charge in [0.05, 0.1) is 17.5 Å². The van der Waals surface area contributed by atoms with Crippen molar-refractivity contribution in [1.82, 2.24) is 9.13 Å². The SMILES string of the molecule is CC(C)O/C(=C\[P+](c1ccccc1)(c1ccccc1)c1ccccc1)O[Si@@]([O-])(N=c1n(-c2c(C(C)C)cccc2C(C)C)ccn1-c1c(C(C)C)cccc1C(C)C)[Si](C(C)(C)C)(C(C)(C)C)C(C)(C)C. The maximum atomic E-state index is 18.5. The molecule has 0 saturated heterocycles. The Morgan fingerprint density at radius 2 is 0.803 bits per heavy atom. The van der Waals surface area contributed by atoms with E-state index in [1.807, 2.05) is 13.8 Å². The molecule has 71 heavy (non-hydrogen) atoms. The number of nitrogens with zero attached hydrogens (tertiary/aromatic N) is 3. The average Bonchev–Trinajstić information content (AvgIpc) is 3.68. The summed E-state index contributed by atoms with van der Waals surface area (Å²) in [5, 5.41) is 1.89. The molecule has 0 amide bonds. The van der Waals surface area contributed by atoms with Gasteiger partial charge < -0.3 is 14.0 Å². The van der Waals surface area contributed by atoms with E-state index < -0.39 is 38.2 Å². The van der Waals surface area contributed by atoms with E-state index in [0.717, 1.165) is 27.3 Å². The molecule has 0 N–H and O–H groups in total. The highest BCUT2D eigenvalue weighted by atomic mass is 31.2. The summed E-state index contributed by atoms with van der Waals surface area (Å²) in [6.45, 7) is 42.8. The normalized spacial score (nSPS) is 14.2. The largest absolute Gasteiger partial charge is 0.813 e. The van der Waals surface area contributed by atoms with E-state index in [1.165, 1.54) is 22.3 Å². The van der Waals surface area contributed by atoms with Crippen molar-refractivity contribution in [1.29, 1.82) is 0 Å². The molecule has 0 fully saturated rings. The highest BCUT2D eigenvalue weighted by molar-refractivity contribution is 7.98. The van der Waals surface area contributed by atoms with Crippen LogP contribution in [0.25, 0.3) is 11.4 Å². The third-order valence-corrected chi connectivity index (χ3v) is 37.3. The molecule has 1 heterocycles. The van der Waals surface area contributed by atoms with E-state index in [0.29, 0.717) is 5.62 Å². The number of rotatable bonds is 16. The van der Waals surface area contributed by atoms with Crippen LogP contribution in [0.4, 0.5) is 0 Å². The maximum absolute atomic E-state index is 18.5. The number of ether oxygens (including phenoxy) is 1. The Hall–Kier alpha value is -4.73. The van der Waals surface area contributed by atoms with Gasteiger partial charge in [0.2, 0.25) is 5.62 Å². The fourth-order valence-electron chi connectivity index (χ4n) is 12.8. The highest BCUT2D eigenvalue weighted by Gasteiger charge is 2.70. The van der Waals surface area contributed by atoms with Crippen molar-refractivity contribution in [2.75, 3.05) is 0 Å². The van der Waals surface area contributed by atoms with E-state index >= 15 is 4.80 Å². The fourth-order valence-corrected chi connectivity index (χ4v) is 37.5. The lowest BCUT2D eigenvalue weighted by Gasteiger charge is -2.66. The Balaban J connectivity index is 1.95. The van der Waals surface area contributed by atoms with Gasteiger partial charge in [-0.05, 0) is 111 Å². The average molecular weight is 1010 g/mol. The van der Waals surface area contributed by atoms with Crippen molar-refractivity contribution in [3.05, 3.63) is 179 Å². The zero-order chi connectivity index (χ0) is 52.5. The first-order valence-electron chi connectivity index (χ1n) is 26.1. The van der Waals surface area contributed by atoms with Gasteiger partial charge in [0.25, 0.3) is 8.24 Å². The lowest BCUT2D eigenvalue weighted by molar-refractivity contribution is -0.234. The van der Waals surface area contributed by atoms with Crippen LogP contribution in [0.15, 0.2) is 156 Å². The van der Waals surface area contributed by atoms with Crippen molar-refractivity contribution < 1.29 is 14.0 Å². The van der Waals surface area contributed by atoms with Crippen LogP contribution < -0.4 is 26.3 Å². The second-order valence-corrected chi connectivity index (χ2v) is 39.2. The number of hydrogen-bond donors (Lipinski definition) is 0. The summed E-state index contributed by atoms with van der Waals surface area (Å²) < 4.78 is 25.6. The molecule has 380 valence electrons. The molecule has 0 unspecified atom stereocenters. The van der Waals surface area contributed by atoms with Gasteiger partial charge in [-0.2, -0.15) is 0 Å². The Morgan fingerprint density at radius 1 is 0.493 bits per heavy atom. The van der Waals surface area contributed by atoms with Crippen molar-refractivity contribution in [3.63, 3.8) is 0 Å². The second-order valence-electron chi connectivity index (χ2n) is 24.2. The van der Waals surface area contributed by atoms with Gasteiger partial charge in [-0.1, -0.05) is 209 Å². The summed E-state index contributed by atoms with van der Waals surface area (Å²) in [4.78, 5) is 18.5. The monoisotopic (exact) mass is 1010 g/mol. The van der Waals surface area contributed by atoms with Gasteiger partial charge in [-0.15, -0.1) is 0 Å². The lowest BCUT2D eigenvalue weighted by atomic mass is 9.92. The molecule has 6 rings (SSSR count). The third kappa shape index (κ3) is 10.6. The van der Waals surface area contributed by atoms with E-state index in [-0.39, 0.29) is 35.7 Å². The zero-order valence-corrected chi connectivity index (χ0v) is 49.7. The summed E-state index contributed by atoms with van der Waals surface area (Å²) in [6.07, 6.45) is 4.01. The summed E-state index contributed by atoms with van der Waals surface area (Å²) in [6, 6.07) is 45.5. The minimum absolute atomic E-state index is 0.194. The van der Waals surface area contributed by atoms with Crippen molar-refractivity contribution >= 4 is 39.0 Å². The van der Waals surface area contributed by atoms with Crippen LogP contribution in [0.5, 0.6) is 0 Å². The van der Waals surface area contributed by atoms with Crippen molar-refractivity contribution in [2.45, 2.75) is 176 Å². The van der Waals surface area contributed by atoms with Gasteiger partial charge in [-0.25, -0.2) is 0 Å². The molecular weight excluding hydrogens is 922 g/mol. The Morgan fingerprint density at radius 3 is 1.07 bits per heavy atom. The maximum Gasteiger partial charge on any atom is 0.303 e. The summed E-state index contributed by atoms with van der Waals surface area (Å²) in [5.41, 5.74) is 7.55. The van der Waals surface area contributed by atoms with Gasteiger partial charge in [0.1, 0.15) is 30.8 Å². The van der Waals surface area contributed by atoms with E-state index in [2.05, 4.69) is 272 Å². The molecule has 6 nitrogen and oxygen atoms in total. The van der Waals surface area contributed by atoms with Crippen LogP contribution in [0.2, 0.25) is 15.1 Å². The molecule has 0 aliphatic carbocycles. The Labute approximate surface area is 431 Å². The standard InChI is InChI=1S/C62H86N3O3PSi2/c1-44(2)52-37-29-38-53(45(3)4)57(52)64-41-42-65(58-54(46(5)6)39-30-40-55(58)47(7)8)59(64)63-71(66,70(60(11,12)13,61(14,15)16)62(17,18)19)68-56(67-48(9)10)43-69(49-31-23-20-24-32-49,50-33-25-21-26-34-50)51-35-27-22-28-36-51/h20-48H,1-19H3/b56-43+/t71-/m0/s1. The van der Waals surface area contributed by atoms with Gasteiger partial charge in [0, 0.05) is 12.4 Å². The second kappa shape index (κ2) is 21.4. The summed E-state index contributed by atoms with van der Waals surface area (Å²) in [5.74, 6) is 3.25. The molecular formula is C62H86N3O3PSi2. The molecule has 0 aliphatic heterocycles. The molecule has 0 spiro atoms. The molecule has 0 bridgehead atoms. The fraction of sp³-hybridized carbons (Fsp3) is 0.435. The first-order chi connectivity index (χ1) is 33.1. The molecule has 1 atom stereocenters. The molecule has 0 saturated carbocycles. The summed E-state index contributed by atoms with van der Waals surface area (Å²) in [7, 11) is -11.2. The number of imidazole rings is 1. The quantitative estimate of drug-likeness (QED) is 0.0551. The number of benzene rings is 5. The molecule has 0 radical (unpaired) electrons. The lowest BCUT2D eigenvalue weighted by Crippen LogP contribution is -2.83. The van der Waals surface area contributed by atoms with Gasteiger partial charge >= 0.3 is 5.95 Å². The Bertz CT molecular complexity index is 2560. The van der Waals surface area contributed by atoms with Crippen molar-refractivity contribution in [3.8, 4) is 11.4 Å². The van der Waals surface area contributed by atoms with Crippen LogP contribution in [0.1, 0.15) is 177 Å². The van der Waals surface area contributed by atoms with Crippen LogP contribution in [0.3, 0.4) is 0 Å². The third-order valence-electron chi connectivity index (χ3n) is 14.4. The molecule has 6 aromatic rings. The molecule has 5 aromatic carbocycles. The van der Waals surface area contributed by atoms with Crippen LogP contribution in [-0.4, -0.2) is 31.1 Å². The van der Waals surface area contributed by atoms with E-state index in [1.54, 1.807) is 0 Å². The van der Waals surface area contributed by atoms with Gasteiger partial charge in [-0.3, -0.25) is 13.8 Å². The van der Waals surface area contributed by atoms with Crippen molar-refractivity contribution in [2.24, 2.45) is 4.66 Å². The van der Waals surface area contributed by atoms with E-state index in [4.69, 9.17) is 13.8 Å². The van der Waals surface area contributed by atoms with Crippen LogP contribution in [0, 0.1) is 0 Å². The number of para-hydroxylation sites is 2. The minimum atomic E-state index is -4.88. The predicted molar refractivity (Wildman–Crippen MR) is 308 cm³/mol. The molecule has 1 aromatic heterocycles. The summed E-state index contributed by atoms with van der Waals surface area (Å²) >= 11 is 0. The first-order valence-corrected chi connectivity index (χ1v) is 32.7. The predicted octanol–water partition coefficient (Wildman–Crippen LogP) is 15.1. The number of hydrogen-bond acceptors (Lipinski definition) is 4. The van der Waals surface area contributed by atoms with Crippen LogP contribution in [-0.2, 0) is 9.16 Å². The molecule has 0 aliphatic rings. The highest BCUT2D eigenvalue weighted by Crippen LogP contribution is 2.65. The topological polar surface area (TPSA) is 63.7 Å². The van der Waals surface area contributed by atoms with E-state index in [9.17, 15) is 0 Å². The number of aromatic nitrogens is 2. The van der Waals surface area contributed by atoms with Crippen LogP contribution >= 0.6 is 7.26 Å². The first kappa shape index (κ1) is 55.6. The zero-order valence-electron chi connectivity index (χ0n) is 46.8. The molecule has 9 heteroatoms.